The van der Waals surface area contributed by atoms with E-state index in [1.807, 2.05) is 19.9 Å². The maximum Gasteiger partial charge on any atom is 0.248 e. The van der Waals surface area contributed by atoms with Crippen LogP contribution in [0.1, 0.15) is 57.4 Å². The molecular formula is C27H34ClFN4O3. The minimum absolute atomic E-state index is 0.0734. The summed E-state index contributed by atoms with van der Waals surface area (Å²) in [6.45, 7) is 5.33. The van der Waals surface area contributed by atoms with E-state index in [1.54, 1.807) is 24.1 Å². The number of carbonyl (C=O) groups is 1. The number of benzene rings is 2. The summed E-state index contributed by atoms with van der Waals surface area (Å²) in [6, 6.07) is 8.50. The molecule has 1 aliphatic carbocycles. The van der Waals surface area contributed by atoms with E-state index < -0.39 is 5.82 Å². The Kier molecular flexibility index (Phi) is 10.3. The predicted molar refractivity (Wildman–Crippen MR) is 142 cm³/mol. The third-order valence-corrected chi connectivity index (χ3v) is 6.59. The highest BCUT2D eigenvalue weighted by Crippen LogP contribution is 2.43. The van der Waals surface area contributed by atoms with E-state index in [-0.39, 0.29) is 17.5 Å². The van der Waals surface area contributed by atoms with Gasteiger partial charge in [-0.15, -0.1) is 0 Å². The first-order valence-electron chi connectivity index (χ1n) is 12.4. The molecule has 2 heterocycles. The SMILES string of the molecule is CC.COc1cc(C2CCC2)c2c(Nc3ccc(F)c(Cl)c3)ncnc2c1.O=C(CO)N1CCCC1. The van der Waals surface area contributed by atoms with Gasteiger partial charge in [-0.2, -0.15) is 0 Å². The van der Waals surface area contributed by atoms with Crippen LogP contribution in [0.25, 0.3) is 10.9 Å². The summed E-state index contributed by atoms with van der Waals surface area (Å²) in [7, 11) is 1.66. The van der Waals surface area contributed by atoms with Gasteiger partial charge in [0.15, 0.2) is 0 Å². The zero-order valence-electron chi connectivity index (χ0n) is 21.1. The van der Waals surface area contributed by atoms with Gasteiger partial charge in [-0.05, 0) is 61.4 Å². The number of aromatic nitrogens is 2. The van der Waals surface area contributed by atoms with Gasteiger partial charge in [0.2, 0.25) is 5.91 Å². The van der Waals surface area contributed by atoms with Crippen LogP contribution in [-0.4, -0.2) is 52.7 Å². The van der Waals surface area contributed by atoms with E-state index >= 15 is 0 Å². The summed E-state index contributed by atoms with van der Waals surface area (Å²) in [4.78, 5) is 21.2. The molecule has 3 aromatic rings. The molecule has 9 heteroatoms. The van der Waals surface area contributed by atoms with Gasteiger partial charge in [0, 0.05) is 30.2 Å². The molecule has 5 rings (SSSR count). The lowest BCUT2D eigenvalue weighted by molar-refractivity contribution is -0.133. The minimum Gasteiger partial charge on any atom is -0.497 e. The van der Waals surface area contributed by atoms with Crippen LogP contribution in [0.15, 0.2) is 36.7 Å². The van der Waals surface area contributed by atoms with Crippen LogP contribution in [0.3, 0.4) is 0 Å². The lowest BCUT2D eigenvalue weighted by atomic mass is 9.78. The van der Waals surface area contributed by atoms with Gasteiger partial charge in [-0.3, -0.25) is 4.79 Å². The number of ether oxygens (including phenoxy) is 1. The number of hydrogen-bond donors (Lipinski definition) is 2. The molecule has 0 atom stereocenters. The van der Waals surface area contributed by atoms with Gasteiger partial charge in [0.05, 0.1) is 17.6 Å². The Morgan fingerprint density at radius 1 is 1.17 bits per heavy atom. The molecule has 1 aromatic heterocycles. The Morgan fingerprint density at radius 2 is 1.89 bits per heavy atom. The highest BCUT2D eigenvalue weighted by molar-refractivity contribution is 6.31. The van der Waals surface area contributed by atoms with Crippen molar-refractivity contribution in [2.75, 3.05) is 32.1 Å². The fourth-order valence-electron chi connectivity index (χ4n) is 4.23. The van der Waals surface area contributed by atoms with Gasteiger partial charge in [-0.25, -0.2) is 14.4 Å². The summed E-state index contributed by atoms with van der Waals surface area (Å²) in [5, 5.41) is 12.7. The van der Waals surface area contributed by atoms with Crippen molar-refractivity contribution in [2.45, 2.75) is 51.9 Å². The molecule has 1 saturated heterocycles. The van der Waals surface area contributed by atoms with Gasteiger partial charge < -0.3 is 20.1 Å². The van der Waals surface area contributed by atoms with Gasteiger partial charge in [-0.1, -0.05) is 31.9 Å². The molecule has 2 N–H and O–H groups in total. The number of nitrogens with zero attached hydrogens (tertiary/aromatic N) is 3. The number of anilines is 2. The van der Waals surface area contributed by atoms with Crippen molar-refractivity contribution in [3.8, 4) is 5.75 Å². The zero-order chi connectivity index (χ0) is 26.1. The second kappa shape index (κ2) is 13.4. The van der Waals surface area contributed by atoms with Crippen LogP contribution in [0.2, 0.25) is 5.02 Å². The highest BCUT2D eigenvalue weighted by Gasteiger charge is 2.24. The average molecular weight is 517 g/mol. The van der Waals surface area contributed by atoms with Crippen molar-refractivity contribution in [3.63, 3.8) is 0 Å². The number of carbonyl (C=O) groups excluding carboxylic acids is 1. The van der Waals surface area contributed by atoms with E-state index in [0.29, 0.717) is 17.4 Å². The van der Waals surface area contributed by atoms with Crippen LogP contribution in [0.5, 0.6) is 5.75 Å². The van der Waals surface area contributed by atoms with Crippen LogP contribution in [0, 0.1) is 5.82 Å². The fraction of sp³-hybridized carbons (Fsp3) is 0.444. The fourth-order valence-corrected chi connectivity index (χ4v) is 4.41. The number of halogens is 2. The number of hydrogen-bond acceptors (Lipinski definition) is 6. The van der Waals surface area contributed by atoms with Crippen molar-refractivity contribution >= 4 is 39.9 Å². The maximum absolute atomic E-state index is 13.4. The quantitative estimate of drug-likeness (QED) is 0.428. The number of likely N-dealkylation sites (tertiary alicyclic amines) is 1. The highest BCUT2D eigenvalue weighted by atomic mass is 35.5. The van der Waals surface area contributed by atoms with Crippen molar-refractivity contribution in [2.24, 2.45) is 0 Å². The van der Waals surface area contributed by atoms with E-state index in [9.17, 15) is 9.18 Å². The van der Waals surface area contributed by atoms with Gasteiger partial charge >= 0.3 is 0 Å². The van der Waals surface area contributed by atoms with Gasteiger partial charge in [0.25, 0.3) is 0 Å². The number of nitrogens with one attached hydrogen (secondary N) is 1. The molecule has 1 aliphatic heterocycles. The Morgan fingerprint density at radius 3 is 2.47 bits per heavy atom. The smallest absolute Gasteiger partial charge is 0.248 e. The van der Waals surface area contributed by atoms with Crippen LogP contribution >= 0.6 is 11.6 Å². The first-order valence-corrected chi connectivity index (χ1v) is 12.8. The van der Waals surface area contributed by atoms with Crippen LogP contribution < -0.4 is 10.1 Å². The number of fused-ring (bicyclic) bond motifs is 1. The monoisotopic (exact) mass is 516 g/mol. The number of aliphatic hydroxyl groups is 1. The number of amides is 1. The molecule has 2 fully saturated rings. The molecule has 0 unspecified atom stereocenters. The molecule has 0 radical (unpaired) electrons. The second-order valence-corrected chi connectivity index (χ2v) is 8.87. The Hall–Kier alpha value is -2.97. The second-order valence-electron chi connectivity index (χ2n) is 8.46. The largest absolute Gasteiger partial charge is 0.497 e. The third kappa shape index (κ3) is 6.62. The van der Waals surface area contributed by atoms with Crippen molar-refractivity contribution in [1.82, 2.24) is 14.9 Å². The Labute approximate surface area is 216 Å². The Bertz CT molecular complexity index is 1170. The summed E-state index contributed by atoms with van der Waals surface area (Å²) in [5.74, 6) is 1.40. The van der Waals surface area contributed by atoms with Crippen molar-refractivity contribution in [3.05, 3.63) is 53.1 Å². The molecule has 2 aliphatic rings. The molecule has 7 nitrogen and oxygen atoms in total. The topological polar surface area (TPSA) is 87.6 Å². The zero-order valence-corrected chi connectivity index (χ0v) is 21.8. The standard InChI is InChI=1S/C19H17ClFN3O.C6H11NO2.C2H6/c1-25-13-8-14(11-3-2-4-11)18-17(9-13)22-10-23-19(18)24-12-5-6-16(21)15(20)7-12;8-5-6(9)7-3-1-2-4-7;1-2/h5-11H,2-4H2,1H3,(H,22,23,24);8H,1-5H2;1-2H3. The molecule has 0 bridgehead atoms. The Balaban J connectivity index is 0.000000276. The lowest BCUT2D eigenvalue weighted by Crippen LogP contribution is -2.29. The molecule has 36 heavy (non-hydrogen) atoms. The number of rotatable bonds is 5. The summed E-state index contributed by atoms with van der Waals surface area (Å²) >= 11 is 5.89. The average Bonchev–Trinajstić information content (AvgIpc) is 3.41. The molecule has 1 amide bonds. The third-order valence-electron chi connectivity index (χ3n) is 6.30. The first-order chi connectivity index (χ1) is 17.5. The summed E-state index contributed by atoms with van der Waals surface area (Å²) < 4.78 is 18.8. The number of aliphatic hydroxyl groups excluding tert-OH is 1. The molecular weight excluding hydrogens is 483 g/mol. The van der Waals surface area contributed by atoms with Crippen molar-refractivity contribution < 1.29 is 19.0 Å². The lowest BCUT2D eigenvalue weighted by Gasteiger charge is -2.28. The van der Waals surface area contributed by atoms with E-state index in [0.717, 1.165) is 55.4 Å². The van der Waals surface area contributed by atoms with Gasteiger partial charge in [0.1, 0.15) is 30.3 Å². The molecule has 2 aromatic carbocycles. The van der Waals surface area contributed by atoms with Crippen LogP contribution in [0.4, 0.5) is 15.9 Å². The van der Waals surface area contributed by atoms with Crippen molar-refractivity contribution in [1.29, 1.82) is 0 Å². The molecule has 0 spiro atoms. The van der Waals surface area contributed by atoms with E-state index in [2.05, 4.69) is 21.4 Å². The molecule has 194 valence electrons. The first kappa shape index (κ1) is 27.6. The summed E-state index contributed by atoms with van der Waals surface area (Å²) in [5.41, 5.74) is 2.70. The van der Waals surface area contributed by atoms with E-state index in [4.69, 9.17) is 21.4 Å². The predicted octanol–water partition coefficient (Wildman–Crippen LogP) is 6.07. The van der Waals surface area contributed by atoms with E-state index in [1.165, 1.54) is 24.4 Å². The minimum atomic E-state index is -0.445. The number of methoxy groups -OCH3 is 1. The maximum atomic E-state index is 13.4. The summed E-state index contributed by atoms with van der Waals surface area (Å²) in [6.07, 6.45) is 7.22. The molecule has 1 saturated carbocycles. The van der Waals surface area contributed by atoms with Crippen LogP contribution in [-0.2, 0) is 4.79 Å². The normalized spacial score (nSPS) is 14.8.